The van der Waals surface area contributed by atoms with Crippen LogP contribution in [0.15, 0.2) is 28.9 Å². The van der Waals surface area contributed by atoms with Crippen molar-refractivity contribution in [1.82, 2.24) is 24.5 Å². The first-order chi connectivity index (χ1) is 19.4. The molecule has 2 aliphatic heterocycles. The fourth-order valence-electron chi connectivity index (χ4n) is 5.11. The number of fused-ring (bicyclic) bond motifs is 1. The van der Waals surface area contributed by atoms with Gasteiger partial charge in [-0.15, -0.1) is 0 Å². The average molecular weight is 601 g/mol. The molecular weight excluding hydrogens is 569 g/mol. The van der Waals surface area contributed by atoms with Gasteiger partial charge < -0.3 is 24.7 Å². The summed E-state index contributed by atoms with van der Waals surface area (Å²) in [6, 6.07) is 6.18. The van der Waals surface area contributed by atoms with E-state index in [-0.39, 0.29) is 11.9 Å². The number of alkyl halides is 3. The number of piperazine rings is 1. The van der Waals surface area contributed by atoms with Gasteiger partial charge in [-0.25, -0.2) is 4.79 Å². The highest BCUT2D eigenvalue weighted by molar-refractivity contribution is 6.35. The standard InChI is InChI=1S/C24H31ClN6O3.C2HF3O2/c1-16-11-29(7-8-30(16)14-21(26)32)15-22-27-24(28-34-22)19-13-31(12-17-5-9-33-10-6-17)23-18(19)3-2-4-20(23)25;3-2(4,5)1(6)7/h2-4,13,16-17H,5-12,14-15H2,1H3,(H2,26,32);(H,6,7)/t16-;/m0./s1. The van der Waals surface area contributed by atoms with Gasteiger partial charge in [-0.3, -0.25) is 14.6 Å². The number of carboxylic acid groups (broad SMARTS) is 1. The highest BCUT2D eigenvalue weighted by atomic mass is 35.5. The maximum atomic E-state index is 11.3. The molecule has 1 amide bonds. The van der Waals surface area contributed by atoms with Crippen LogP contribution in [-0.2, 0) is 27.4 Å². The molecule has 1 aromatic carbocycles. The second kappa shape index (κ2) is 13.2. The smallest absolute Gasteiger partial charge is 0.475 e. The molecule has 2 aromatic heterocycles. The van der Waals surface area contributed by atoms with Gasteiger partial charge in [0.15, 0.2) is 0 Å². The van der Waals surface area contributed by atoms with Crippen LogP contribution in [0.25, 0.3) is 22.3 Å². The summed E-state index contributed by atoms with van der Waals surface area (Å²) in [6.45, 7) is 7.89. The summed E-state index contributed by atoms with van der Waals surface area (Å²) >= 11 is 6.62. The average Bonchev–Trinajstić information content (AvgIpc) is 3.51. The molecule has 0 bridgehead atoms. The first-order valence-electron chi connectivity index (χ1n) is 13.1. The number of nitrogens with zero attached hydrogens (tertiary/aromatic N) is 5. The van der Waals surface area contributed by atoms with E-state index in [1.54, 1.807) is 0 Å². The summed E-state index contributed by atoms with van der Waals surface area (Å²) in [5.41, 5.74) is 7.30. The minimum absolute atomic E-state index is 0.231. The minimum Gasteiger partial charge on any atom is -0.475 e. The third-order valence-corrected chi connectivity index (χ3v) is 7.47. The lowest BCUT2D eigenvalue weighted by molar-refractivity contribution is -0.192. The Morgan fingerprint density at radius 3 is 2.56 bits per heavy atom. The third-order valence-electron chi connectivity index (χ3n) is 7.16. The molecule has 0 unspecified atom stereocenters. The number of para-hydroxylation sites is 1. The normalized spacial score (nSPS) is 19.2. The summed E-state index contributed by atoms with van der Waals surface area (Å²) in [7, 11) is 0. The van der Waals surface area contributed by atoms with Gasteiger partial charge in [0.2, 0.25) is 17.6 Å². The van der Waals surface area contributed by atoms with E-state index in [0.29, 0.717) is 30.7 Å². The van der Waals surface area contributed by atoms with Crippen LogP contribution in [0.2, 0.25) is 5.02 Å². The van der Waals surface area contributed by atoms with Crippen molar-refractivity contribution in [3.63, 3.8) is 0 Å². The molecule has 224 valence electrons. The number of hydrogen-bond acceptors (Lipinski definition) is 8. The van der Waals surface area contributed by atoms with Gasteiger partial charge in [0, 0.05) is 62.6 Å². The van der Waals surface area contributed by atoms with Crippen LogP contribution in [0.1, 0.15) is 25.7 Å². The number of halogens is 4. The Labute approximate surface area is 238 Å². The van der Waals surface area contributed by atoms with Gasteiger partial charge >= 0.3 is 12.1 Å². The van der Waals surface area contributed by atoms with Gasteiger partial charge in [-0.1, -0.05) is 28.9 Å². The molecule has 11 nitrogen and oxygen atoms in total. The van der Waals surface area contributed by atoms with Crippen LogP contribution < -0.4 is 5.73 Å². The predicted molar refractivity (Wildman–Crippen MR) is 143 cm³/mol. The molecule has 2 saturated heterocycles. The van der Waals surface area contributed by atoms with Crippen molar-refractivity contribution in [2.45, 2.75) is 45.1 Å². The SMILES string of the molecule is C[C@H]1CN(Cc2nc(-c3cn(CC4CCOCC4)c4c(Cl)cccc34)no2)CCN1CC(N)=O.O=C(O)C(F)(F)F. The molecule has 2 fully saturated rings. The number of aliphatic carboxylic acids is 1. The summed E-state index contributed by atoms with van der Waals surface area (Å²) in [6.07, 6.45) is -0.876. The lowest BCUT2D eigenvalue weighted by Gasteiger charge is -2.38. The van der Waals surface area contributed by atoms with Gasteiger partial charge in [-0.2, -0.15) is 18.2 Å². The predicted octanol–water partition coefficient (Wildman–Crippen LogP) is 3.40. The maximum Gasteiger partial charge on any atom is 0.490 e. The highest BCUT2D eigenvalue weighted by Gasteiger charge is 2.38. The van der Waals surface area contributed by atoms with Gasteiger partial charge in [-0.05, 0) is 31.7 Å². The number of carboxylic acids is 1. The monoisotopic (exact) mass is 600 g/mol. The van der Waals surface area contributed by atoms with Crippen LogP contribution in [0.5, 0.6) is 0 Å². The van der Waals surface area contributed by atoms with Crippen LogP contribution >= 0.6 is 11.6 Å². The topological polar surface area (TPSA) is 140 Å². The number of benzene rings is 1. The number of aromatic nitrogens is 3. The molecule has 41 heavy (non-hydrogen) atoms. The fourth-order valence-corrected chi connectivity index (χ4v) is 5.40. The van der Waals surface area contributed by atoms with Crippen molar-refractivity contribution in [3.05, 3.63) is 35.3 Å². The van der Waals surface area contributed by atoms with Crippen molar-refractivity contribution in [2.75, 3.05) is 39.4 Å². The molecule has 3 N–H and O–H groups in total. The van der Waals surface area contributed by atoms with E-state index in [0.717, 1.165) is 73.7 Å². The number of carbonyl (C=O) groups excluding carboxylic acids is 1. The zero-order valence-corrected chi connectivity index (χ0v) is 23.2. The fraction of sp³-hybridized carbons (Fsp3) is 0.538. The van der Waals surface area contributed by atoms with Crippen LogP contribution in [-0.4, -0.2) is 93.1 Å². The van der Waals surface area contributed by atoms with Crippen LogP contribution in [0.3, 0.4) is 0 Å². The quantitative estimate of drug-likeness (QED) is 0.417. The Balaban J connectivity index is 0.000000493. The van der Waals surface area contributed by atoms with E-state index in [2.05, 4.69) is 38.7 Å². The summed E-state index contributed by atoms with van der Waals surface area (Å²) in [5.74, 6) is -1.33. The van der Waals surface area contributed by atoms with Crippen molar-refractivity contribution < 1.29 is 37.1 Å². The molecule has 15 heteroatoms. The molecule has 2 aliphatic rings. The molecule has 0 aliphatic carbocycles. The molecule has 0 saturated carbocycles. The van der Waals surface area contributed by atoms with Crippen molar-refractivity contribution in [1.29, 1.82) is 0 Å². The molecule has 1 atom stereocenters. The number of amides is 1. The van der Waals surface area contributed by atoms with Crippen molar-refractivity contribution in [3.8, 4) is 11.4 Å². The Kier molecular flexibility index (Phi) is 9.89. The number of ether oxygens (including phenoxy) is 1. The van der Waals surface area contributed by atoms with Crippen LogP contribution in [0, 0.1) is 5.92 Å². The summed E-state index contributed by atoms with van der Waals surface area (Å²) in [4.78, 5) is 29.3. The van der Waals surface area contributed by atoms with E-state index in [1.165, 1.54) is 0 Å². The molecule has 4 heterocycles. The number of rotatable bonds is 7. The lowest BCUT2D eigenvalue weighted by atomic mass is 10.0. The first-order valence-corrected chi connectivity index (χ1v) is 13.5. The number of nitrogens with two attached hydrogens (primary N) is 1. The van der Waals surface area contributed by atoms with Gasteiger partial charge in [0.25, 0.3) is 0 Å². The summed E-state index contributed by atoms with van der Waals surface area (Å²) < 4.78 is 45.1. The van der Waals surface area contributed by atoms with E-state index >= 15 is 0 Å². The van der Waals surface area contributed by atoms with Crippen molar-refractivity contribution >= 4 is 34.4 Å². The van der Waals surface area contributed by atoms with Gasteiger partial charge in [0.1, 0.15) is 0 Å². The summed E-state index contributed by atoms with van der Waals surface area (Å²) in [5, 5.41) is 13.2. The number of hydrogen-bond donors (Lipinski definition) is 2. The van der Waals surface area contributed by atoms with E-state index in [1.807, 2.05) is 12.1 Å². The Hall–Kier alpha value is -3.20. The zero-order valence-electron chi connectivity index (χ0n) is 22.4. The molecular formula is C26H32ClF3N6O5. The van der Waals surface area contributed by atoms with Crippen molar-refractivity contribution in [2.24, 2.45) is 11.7 Å². The Bertz CT molecular complexity index is 1360. The van der Waals surface area contributed by atoms with Crippen LogP contribution in [0.4, 0.5) is 13.2 Å². The Morgan fingerprint density at radius 2 is 1.93 bits per heavy atom. The molecule has 5 rings (SSSR count). The van der Waals surface area contributed by atoms with E-state index in [4.69, 9.17) is 41.5 Å². The molecule has 0 spiro atoms. The Morgan fingerprint density at radius 1 is 1.22 bits per heavy atom. The maximum absolute atomic E-state index is 11.3. The second-order valence-electron chi connectivity index (χ2n) is 10.2. The third kappa shape index (κ3) is 7.97. The van der Waals surface area contributed by atoms with Gasteiger partial charge in [0.05, 0.1) is 23.6 Å². The largest absolute Gasteiger partial charge is 0.490 e. The highest BCUT2D eigenvalue weighted by Crippen LogP contribution is 2.34. The molecule has 3 aromatic rings. The number of carbonyl (C=O) groups is 2. The number of primary amides is 1. The molecule has 0 radical (unpaired) electrons. The second-order valence-corrected chi connectivity index (χ2v) is 10.6. The van der Waals surface area contributed by atoms with E-state index in [9.17, 15) is 18.0 Å². The zero-order chi connectivity index (χ0) is 29.7. The first kappa shape index (κ1) is 30.8. The minimum atomic E-state index is -5.08. The lowest BCUT2D eigenvalue weighted by Crippen LogP contribution is -2.53. The van der Waals surface area contributed by atoms with E-state index < -0.39 is 12.1 Å².